The van der Waals surface area contributed by atoms with E-state index in [0.29, 0.717) is 31.1 Å². The van der Waals surface area contributed by atoms with Crippen molar-refractivity contribution < 1.29 is 19.0 Å². The smallest absolute Gasteiger partial charge is 0.251 e. The van der Waals surface area contributed by atoms with Crippen LogP contribution in [0.15, 0.2) is 48.5 Å². The lowest BCUT2D eigenvalue weighted by atomic mass is 10.1. The lowest BCUT2D eigenvalue weighted by molar-refractivity contribution is 0.0789. The Balaban J connectivity index is 1.53. The summed E-state index contributed by atoms with van der Waals surface area (Å²) in [5.74, 6) is 1.32. The van der Waals surface area contributed by atoms with E-state index < -0.39 is 0 Å². The van der Waals surface area contributed by atoms with E-state index in [1.165, 1.54) is 0 Å². The number of benzene rings is 2. The van der Waals surface area contributed by atoms with Crippen LogP contribution in [0.4, 0.5) is 0 Å². The van der Waals surface area contributed by atoms with E-state index in [0.717, 1.165) is 11.3 Å². The molecule has 2 aromatic rings. The molecule has 1 aliphatic rings. The fourth-order valence-electron chi connectivity index (χ4n) is 2.39. The minimum atomic E-state index is -0.193. The van der Waals surface area contributed by atoms with Gasteiger partial charge in [0.05, 0.1) is 13.2 Å². The summed E-state index contributed by atoms with van der Waals surface area (Å²) in [4.78, 5) is 12.2. The number of hydrogen-bond acceptors (Lipinski definition) is 4. The molecular formula is C18H19NO4. The molecule has 1 atom stereocenters. The molecule has 1 N–H and O–H groups in total. The zero-order chi connectivity index (χ0) is 16.1. The van der Waals surface area contributed by atoms with Crippen molar-refractivity contribution in [1.29, 1.82) is 0 Å². The highest BCUT2D eigenvalue weighted by Gasteiger charge is 2.21. The molecule has 0 saturated carbocycles. The number of methoxy groups -OCH3 is 1. The van der Waals surface area contributed by atoms with E-state index in [1.54, 1.807) is 19.2 Å². The molecule has 0 fully saturated rings. The first-order chi connectivity index (χ1) is 11.3. The van der Waals surface area contributed by atoms with Crippen molar-refractivity contribution in [2.45, 2.75) is 12.7 Å². The SMILES string of the molecule is COCc1ccc(C(=O)NCC2COc3ccccc3O2)cc1. The molecule has 3 rings (SSSR count). The number of rotatable bonds is 5. The summed E-state index contributed by atoms with van der Waals surface area (Å²) in [6.07, 6.45) is -0.193. The van der Waals surface area contributed by atoms with Gasteiger partial charge >= 0.3 is 0 Å². The maximum absolute atomic E-state index is 12.2. The Labute approximate surface area is 135 Å². The number of fused-ring (bicyclic) bond motifs is 1. The van der Waals surface area contributed by atoms with Gasteiger partial charge in [-0.2, -0.15) is 0 Å². The molecule has 2 aromatic carbocycles. The van der Waals surface area contributed by atoms with Gasteiger partial charge in [0.15, 0.2) is 11.5 Å². The molecule has 1 unspecified atom stereocenters. The van der Waals surface area contributed by atoms with Crippen LogP contribution in [0, 0.1) is 0 Å². The van der Waals surface area contributed by atoms with Gasteiger partial charge in [-0.1, -0.05) is 24.3 Å². The average molecular weight is 313 g/mol. The van der Waals surface area contributed by atoms with Crippen LogP contribution in [0.2, 0.25) is 0 Å². The van der Waals surface area contributed by atoms with Crippen LogP contribution >= 0.6 is 0 Å². The number of nitrogens with one attached hydrogen (secondary N) is 1. The van der Waals surface area contributed by atoms with Crippen molar-refractivity contribution in [2.24, 2.45) is 0 Å². The van der Waals surface area contributed by atoms with Crippen molar-refractivity contribution in [1.82, 2.24) is 5.32 Å². The zero-order valence-corrected chi connectivity index (χ0v) is 13.0. The standard InChI is InChI=1S/C18H19NO4/c1-21-11-13-6-8-14(9-7-13)18(20)19-10-15-12-22-16-4-2-3-5-17(16)23-15/h2-9,15H,10-12H2,1H3,(H,19,20). The second-order valence-corrected chi connectivity index (χ2v) is 5.34. The van der Waals surface area contributed by atoms with Crippen LogP contribution in [0.3, 0.4) is 0 Å². The largest absolute Gasteiger partial charge is 0.486 e. The minimum Gasteiger partial charge on any atom is -0.486 e. The number of amides is 1. The van der Waals surface area contributed by atoms with E-state index in [9.17, 15) is 4.79 Å². The molecule has 1 heterocycles. The first-order valence-electron chi connectivity index (χ1n) is 7.51. The summed E-state index contributed by atoms with van der Waals surface area (Å²) in [7, 11) is 1.64. The predicted octanol–water partition coefficient (Wildman–Crippen LogP) is 2.40. The molecule has 1 aliphatic heterocycles. The van der Waals surface area contributed by atoms with Gasteiger partial charge in [-0.3, -0.25) is 4.79 Å². The second-order valence-electron chi connectivity index (χ2n) is 5.34. The Kier molecular flexibility index (Phi) is 4.78. The molecule has 0 radical (unpaired) electrons. The summed E-state index contributed by atoms with van der Waals surface area (Å²) < 4.78 is 16.5. The summed E-state index contributed by atoms with van der Waals surface area (Å²) >= 11 is 0. The number of ether oxygens (including phenoxy) is 3. The molecule has 0 aliphatic carbocycles. The van der Waals surface area contributed by atoms with E-state index in [-0.39, 0.29) is 12.0 Å². The molecule has 120 valence electrons. The van der Waals surface area contributed by atoms with Crippen molar-refractivity contribution in [3.63, 3.8) is 0 Å². The van der Waals surface area contributed by atoms with E-state index in [4.69, 9.17) is 14.2 Å². The normalized spacial score (nSPS) is 16.0. The summed E-state index contributed by atoms with van der Waals surface area (Å²) in [5, 5.41) is 2.88. The van der Waals surface area contributed by atoms with Crippen LogP contribution in [0.25, 0.3) is 0 Å². The second kappa shape index (κ2) is 7.15. The first-order valence-corrected chi connectivity index (χ1v) is 7.51. The zero-order valence-electron chi connectivity index (χ0n) is 13.0. The Morgan fingerprint density at radius 2 is 1.91 bits per heavy atom. The van der Waals surface area contributed by atoms with Crippen molar-refractivity contribution in [3.05, 3.63) is 59.7 Å². The molecule has 0 spiro atoms. The lowest BCUT2D eigenvalue weighted by Gasteiger charge is -2.26. The average Bonchev–Trinajstić information content (AvgIpc) is 2.60. The third kappa shape index (κ3) is 3.81. The van der Waals surface area contributed by atoms with Crippen LogP contribution in [0.1, 0.15) is 15.9 Å². The monoisotopic (exact) mass is 313 g/mol. The van der Waals surface area contributed by atoms with Gasteiger partial charge in [0.1, 0.15) is 12.7 Å². The fraction of sp³-hybridized carbons (Fsp3) is 0.278. The molecular weight excluding hydrogens is 294 g/mol. The van der Waals surface area contributed by atoms with Crippen LogP contribution in [-0.4, -0.2) is 32.3 Å². The quantitative estimate of drug-likeness (QED) is 0.921. The maximum atomic E-state index is 12.2. The van der Waals surface area contributed by atoms with Gasteiger partial charge in [0.25, 0.3) is 5.91 Å². The Bertz CT molecular complexity index is 669. The number of carbonyl (C=O) groups excluding carboxylic acids is 1. The van der Waals surface area contributed by atoms with Crippen LogP contribution in [-0.2, 0) is 11.3 Å². The maximum Gasteiger partial charge on any atom is 0.251 e. The summed E-state index contributed by atoms with van der Waals surface area (Å²) in [6, 6.07) is 14.9. The highest BCUT2D eigenvalue weighted by Crippen LogP contribution is 2.30. The Hall–Kier alpha value is -2.53. The summed E-state index contributed by atoms with van der Waals surface area (Å²) in [6.45, 7) is 1.35. The third-order valence-corrected chi connectivity index (χ3v) is 3.58. The third-order valence-electron chi connectivity index (χ3n) is 3.58. The van der Waals surface area contributed by atoms with Gasteiger partial charge in [0, 0.05) is 12.7 Å². The molecule has 0 aromatic heterocycles. The van der Waals surface area contributed by atoms with Gasteiger partial charge < -0.3 is 19.5 Å². The first kappa shape index (κ1) is 15.4. The van der Waals surface area contributed by atoms with Crippen LogP contribution < -0.4 is 14.8 Å². The fourth-order valence-corrected chi connectivity index (χ4v) is 2.39. The van der Waals surface area contributed by atoms with Crippen molar-refractivity contribution in [2.75, 3.05) is 20.3 Å². The highest BCUT2D eigenvalue weighted by molar-refractivity contribution is 5.94. The molecule has 5 heteroatoms. The minimum absolute atomic E-state index is 0.128. The van der Waals surface area contributed by atoms with E-state index in [2.05, 4.69) is 5.32 Å². The Morgan fingerprint density at radius 1 is 1.17 bits per heavy atom. The van der Waals surface area contributed by atoms with E-state index in [1.807, 2.05) is 36.4 Å². The molecule has 5 nitrogen and oxygen atoms in total. The highest BCUT2D eigenvalue weighted by atomic mass is 16.6. The lowest BCUT2D eigenvalue weighted by Crippen LogP contribution is -2.40. The molecule has 0 saturated heterocycles. The topological polar surface area (TPSA) is 56.8 Å². The van der Waals surface area contributed by atoms with Gasteiger partial charge in [-0.25, -0.2) is 0 Å². The number of carbonyl (C=O) groups is 1. The van der Waals surface area contributed by atoms with E-state index >= 15 is 0 Å². The Morgan fingerprint density at radius 3 is 2.65 bits per heavy atom. The van der Waals surface area contributed by atoms with Crippen LogP contribution in [0.5, 0.6) is 11.5 Å². The van der Waals surface area contributed by atoms with Gasteiger partial charge in [-0.05, 0) is 29.8 Å². The molecule has 0 bridgehead atoms. The number of para-hydroxylation sites is 2. The summed E-state index contributed by atoms with van der Waals surface area (Å²) in [5.41, 5.74) is 1.65. The predicted molar refractivity (Wildman–Crippen MR) is 85.8 cm³/mol. The molecule has 23 heavy (non-hydrogen) atoms. The molecule has 1 amide bonds. The van der Waals surface area contributed by atoms with Gasteiger partial charge in [0.2, 0.25) is 0 Å². The van der Waals surface area contributed by atoms with Crippen molar-refractivity contribution in [3.8, 4) is 11.5 Å². The number of hydrogen-bond donors (Lipinski definition) is 1. The van der Waals surface area contributed by atoms with Gasteiger partial charge in [-0.15, -0.1) is 0 Å². The van der Waals surface area contributed by atoms with Crippen molar-refractivity contribution >= 4 is 5.91 Å².